The second kappa shape index (κ2) is 8.36. The standard InChI is InChI=1S/C20H27N5O4/c1-14-18(29-13-21-14)20(27)24-6-3-5-15(12-24)16-11-17-19(26)23(9-10-28-2)7-4-8-25(17)22-16/h11,13,15H,3-10,12H2,1-2H3. The van der Waals surface area contributed by atoms with Gasteiger partial charge >= 0.3 is 0 Å². The Kier molecular flexibility index (Phi) is 5.66. The van der Waals surface area contributed by atoms with E-state index in [1.54, 1.807) is 18.9 Å². The number of methoxy groups -OCH3 is 1. The van der Waals surface area contributed by atoms with Gasteiger partial charge < -0.3 is 19.0 Å². The maximum absolute atomic E-state index is 12.9. The molecule has 9 nitrogen and oxygen atoms in total. The number of likely N-dealkylation sites (tertiary alicyclic amines) is 1. The summed E-state index contributed by atoms with van der Waals surface area (Å²) in [4.78, 5) is 33.4. The number of amides is 2. The van der Waals surface area contributed by atoms with Crippen molar-refractivity contribution in [2.24, 2.45) is 0 Å². The molecule has 1 unspecified atom stereocenters. The van der Waals surface area contributed by atoms with Gasteiger partial charge in [0.15, 0.2) is 6.39 Å². The minimum absolute atomic E-state index is 0.000623. The van der Waals surface area contributed by atoms with Gasteiger partial charge in [-0.05, 0) is 32.3 Å². The van der Waals surface area contributed by atoms with Gasteiger partial charge in [-0.1, -0.05) is 0 Å². The smallest absolute Gasteiger partial charge is 0.291 e. The molecule has 0 bridgehead atoms. The second-order valence-corrected chi connectivity index (χ2v) is 7.67. The molecule has 0 radical (unpaired) electrons. The van der Waals surface area contributed by atoms with E-state index in [0.29, 0.717) is 49.9 Å². The third-order valence-corrected chi connectivity index (χ3v) is 5.74. The van der Waals surface area contributed by atoms with E-state index in [4.69, 9.17) is 14.3 Å². The average molecular weight is 401 g/mol. The molecule has 1 atom stereocenters. The van der Waals surface area contributed by atoms with Gasteiger partial charge in [0.05, 0.1) is 18.0 Å². The molecule has 0 spiro atoms. The summed E-state index contributed by atoms with van der Waals surface area (Å²) >= 11 is 0. The van der Waals surface area contributed by atoms with Crippen LogP contribution in [0.15, 0.2) is 16.9 Å². The Morgan fingerprint density at radius 2 is 2.17 bits per heavy atom. The third-order valence-electron chi connectivity index (χ3n) is 5.74. The molecule has 4 heterocycles. The molecule has 29 heavy (non-hydrogen) atoms. The van der Waals surface area contributed by atoms with Gasteiger partial charge in [-0.25, -0.2) is 4.98 Å². The highest BCUT2D eigenvalue weighted by Gasteiger charge is 2.31. The van der Waals surface area contributed by atoms with Crippen LogP contribution in [0.2, 0.25) is 0 Å². The van der Waals surface area contributed by atoms with Gasteiger partial charge in [0, 0.05) is 45.8 Å². The molecule has 2 aromatic heterocycles. The van der Waals surface area contributed by atoms with Crippen molar-refractivity contribution >= 4 is 11.8 Å². The zero-order chi connectivity index (χ0) is 20.4. The molecule has 2 aromatic rings. The minimum Gasteiger partial charge on any atom is -0.438 e. The van der Waals surface area contributed by atoms with Crippen LogP contribution in [0.25, 0.3) is 0 Å². The van der Waals surface area contributed by atoms with Crippen molar-refractivity contribution in [3.05, 3.63) is 35.3 Å². The summed E-state index contributed by atoms with van der Waals surface area (Å²) in [7, 11) is 1.64. The molecule has 4 rings (SSSR count). The SMILES string of the molecule is COCCN1CCCn2nc(C3CCCN(C(=O)c4ocnc4C)C3)cc2C1=O. The number of hydrogen-bond acceptors (Lipinski definition) is 6. The monoisotopic (exact) mass is 401 g/mol. The molecule has 156 valence electrons. The zero-order valence-electron chi connectivity index (χ0n) is 17.0. The highest BCUT2D eigenvalue weighted by molar-refractivity contribution is 5.93. The number of piperidine rings is 1. The maximum atomic E-state index is 12.9. The first-order valence-corrected chi connectivity index (χ1v) is 10.1. The molecule has 2 amide bonds. The Morgan fingerprint density at radius 1 is 1.31 bits per heavy atom. The summed E-state index contributed by atoms with van der Waals surface area (Å²) in [6.45, 7) is 5.56. The van der Waals surface area contributed by atoms with Gasteiger partial charge in [-0.3, -0.25) is 14.3 Å². The summed E-state index contributed by atoms with van der Waals surface area (Å²) in [5.41, 5.74) is 2.12. The molecule has 2 aliphatic rings. The van der Waals surface area contributed by atoms with E-state index in [-0.39, 0.29) is 17.7 Å². The molecular formula is C20H27N5O4. The van der Waals surface area contributed by atoms with Gasteiger partial charge in [0.1, 0.15) is 5.69 Å². The molecule has 2 aliphatic heterocycles. The number of fused-ring (bicyclic) bond motifs is 1. The van der Waals surface area contributed by atoms with Gasteiger partial charge in [0.2, 0.25) is 5.76 Å². The summed E-state index contributed by atoms with van der Waals surface area (Å²) in [5, 5.41) is 4.74. The van der Waals surface area contributed by atoms with Gasteiger partial charge in [-0.15, -0.1) is 0 Å². The molecule has 0 saturated carbocycles. The summed E-state index contributed by atoms with van der Waals surface area (Å²) in [5.74, 6) is 0.275. The van der Waals surface area contributed by atoms with Crippen LogP contribution in [0, 0.1) is 6.92 Å². The van der Waals surface area contributed by atoms with Crippen molar-refractivity contribution in [3.8, 4) is 0 Å². The van der Waals surface area contributed by atoms with Crippen LogP contribution in [-0.4, -0.2) is 76.3 Å². The lowest BCUT2D eigenvalue weighted by molar-refractivity contribution is 0.0670. The largest absolute Gasteiger partial charge is 0.438 e. The van der Waals surface area contributed by atoms with Crippen molar-refractivity contribution in [2.45, 2.75) is 38.6 Å². The van der Waals surface area contributed by atoms with Crippen molar-refractivity contribution in [1.29, 1.82) is 0 Å². The molecule has 0 aromatic carbocycles. The molecule has 1 fully saturated rings. The highest BCUT2D eigenvalue weighted by Crippen LogP contribution is 2.29. The highest BCUT2D eigenvalue weighted by atomic mass is 16.5. The Hall–Kier alpha value is -2.68. The lowest BCUT2D eigenvalue weighted by Crippen LogP contribution is -2.39. The van der Waals surface area contributed by atoms with Crippen LogP contribution >= 0.6 is 0 Å². The van der Waals surface area contributed by atoms with Crippen LogP contribution in [0.1, 0.15) is 57.6 Å². The quantitative estimate of drug-likeness (QED) is 0.757. The lowest BCUT2D eigenvalue weighted by Gasteiger charge is -2.31. The summed E-state index contributed by atoms with van der Waals surface area (Å²) in [6, 6.07) is 1.91. The Bertz CT molecular complexity index is 889. The zero-order valence-corrected chi connectivity index (χ0v) is 17.0. The number of nitrogens with zero attached hydrogens (tertiary/aromatic N) is 5. The number of oxazole rings is 1. The van der Waals surface area contributed by atoms with E-state index in [9.17, 15) is 9.59 Å². The number of carbonyl (C=O) groups excluding carboxylic acids is 2. The second-order valence-electron chi connectivity index (χ2n) is 7.67. The number of carbonyl (C=O) groups is 2. The fourth-order valence-corrected chi connectivity index (χ4v) is 4.12. The van der Waals surface area contributed by atoms with Gasteiger partial charge in [-0.2, -0.15) is 5.10 Å². The topological polar surface area (TPSA) is 93.7 Å². The van der Waals surface area contributed by atoms with Gasteiger partial charge in [0.25, 0.3) is 11.8 Å². The van der Waals surface area contributed by atoms with Crippen LogP contribution in [0.5, 0.6) is 0 Å². The van der Waals surface area contributed by atoms with Crippen LogP contribution in [-0.2, 0) is 11.3 Å². The fourth-order valence-electron chi connectivity index (χ4n) is 4.12. The van der Waals surface area contributed by atoms with Crippen LogP contribution in [0.3, 0.4) is 0 Å². The molecule has 1 saturated heterocycles. The number of rotatable bonds is 5. The van der Waals surface area contributed by atoms with E-state index < -0.39 is 0 Å². The predicted octanol–water partition coefficient (Wildman–Crippen LogP) is 1.69. The number of hydrogen-bond donors (Lipinski definition) is 0. The predicted molar refractivity (Wildman–Crippen MR) is 104 cm³/mol. The minimum atomic E-state index is -0.132. The normalized spacial score (nSPS) is 19.9. The van der Waals surface area contributed by atoms with Crippen molar-refractivity contribution in [2.75, 3.05) is 39.9 Å². The van der Waals surface area contributed by atoms with Crippen LogP contribution in [0.4, 0.5) is 0 Å². The first-order valence-electron chi connectivity index (χ1n) is 10.1. The van der Waals surface area contributed by atoms with E-state index >= 15 is 0 Å². The maximum Gasteiger partial charge on any atom is 0.291 e. The van der Waals surface area contributed by atoms with E-state index in [1.807, 2.05) is 15.6 Å². The molecular weight excluding hydrogens is 374 g/mol. The molecule has 0 aliphatic carbocycles. The third kappa shape index (κ3) is 3.91. The van der Waals surface area contributed by atoms with E-state index in [1.165, 1.54) is 6.39 Å². The summed E-state index contributed by atoms with van der Waals surface area (Å²) in [6.07, 6.45) is 4.00. The van der Waals surface area contributed by atoms with Crippen LogP contribution < -0.4 is 0 Å². The number of ether oxygens (including phenoxy) is 1. The fraction of sp³-hybridized carbons (Fsp3) is 0.600. The Morgan fingerprint density at radius 3 is 2.93 bits per heavy atom. The first kappa shape index (κ1) is 19.6. The lowest BCUT2D eigenvalue weighted by atomic mass is 9.94. The van der Waals surface area contributed by atoms with E-state index in [2.05, 4.69) is 4.98 Å². The van der Waals surface area contributed by atoms with Crippen molar-refractivity contribution in [1.82, 2.24) is 24.6 Å². The van der Waals surface area contributed by atoms with Crippen molar-refractivity contribution < 1.29 is 18.7 Å². The first-order chi connectivity index (χ1) is 14.1. The Labute approximate surface area is 169 Å². The van der Waals surface area contributed by atoms with Crippen molar-refractivity contribution in [3.63, 3.8) is 0 Å². The Balaban J connectivity index is 1.51. The molecule has 0 N–H and O–H groups in total. The number of aromatic nitrogens is 3. The molecule has 9 heteroatoms. The van der Waals surface area contributed by atoms with E-state index in [0.717, 1.165) is 31.5 Å². The number of aryl methyl sites for hydroxylation is 2. The summed E-state index contributed by atoms with van der Waals surface area (Å²) < 4.78 is 12.2. The average Bonchev–Trinajstić information content (AvgIpc) is 3.33.